The molecule has 1 heterocycles. The van der Waals surface area contributed by atoms with Crippen molar-refractivity contribution in [1.82, 2.24) is 0 Å². The minimum absolute atomic E-state index is 0.0663. The molecule has 0 saturated carbocycles. The summed E-state index contributed by atoms with van der Waals surface area (Å²) in [6, 6.07) is 8.31. The Labute approximate surface area is 111 Å². The highest BCUT2D eigenvalue weighted by Crippen LogP contribution is 2.43. The molecular formula is C16H25NO. The van der Waals surface area contributed by atoms with E-state index in [2.05, 4.69) is 32.9 Å². The fourth-order valence-electron chi connectivity index (χ4n) is 2.93. The van der Waals surface area contributed by atoms with E-state index in [0.29, 0.717) is 5.92 Å². The number of nitrogens with two attached hydrogens (primary N) is 1. The highest BCUT2D eigenvalue weighted by atomic mass is 16.5. The molecule has 2 nitrogen and oxygen atoms in total. The third kappa shape index (κ3) is 2.54. The van der Waals surface area contributed by atoms with Crippen LogP contribution >= 0.6 is 0 Å². The molecule has 0 aliphatic carbocycles. The maximum Gasteiger partial charge on any atom is 0.124 e. The van der Waals surface area contributed by atoms with Crippen LogP contribution in [0.15, 0.2) is 24.3 Å². The third-order valence-corrected chi connectivity index (χ3v) is 4.30. The Morgan fingerprint density at radius 2 is 2.11 bits per heavy atom. The summed E-state index contributed by atoms with van der Waals surface area (Å²) >= 11 is 0. The summed E-state index contributed by atoms with van der Waals surface area (Å²) in [6.07, 6.45) is 4.26. The molecule has 2 unspecified atom stereocenters. The molecule has 0 fully saturated rings. The summed E-state index contributed by atoms with van der Waals surface area (Å²) in [5, 5.41) is 0. The first-order valence-electron chi connectivity index (χ1n) is 7.13. The molecular weight excluding hydrogens is 222 g/mol. The lowest BCUT2D eigenvalue weighted by molar-refractivity contribution is 0.0104. The average Bonchev–Trinajstić information content (AvgIpc) is 2.38. The number of rotatable bonds is 4. The van der Waals surface area contributed by atoms with E-state index in [9.17, 15) is 0 Å². The van der Waals surface area contributed by atoms with Gasteiger partial charge in [-0.1, -0.05) is 45.4 Å². The fraction of sp³-hybridized carbons (Fsp3) is 0.625. The van der Waals surface area contributed by atoms with Gasteiger partial charge in [-0.2, -0.15) is 0 Å². The van der Waals surface area contributed by atoms with Crippen LogP contribution in [0.4, 0.5) is 0 Å². The summed E-state index contributed by atoms with van der Waals surface area (Å²) in [6.45, 7) is 6.75. The van der Waals surface area contributed by atoms with Crippen LogP contribution in [0.3, 0.4) is 0 Å². The molecule has 0 saturated heterocycles. The van der Waals surface area contributed by atoms with Crippen LogP contribution in [-0.2, 0) is 0 Å². The highest BCUT2D eigenvalue weighted by Gasteiger charge is 2.38. The smallest absolute Gasteiger partial charge is 0.124 e. The molecule has 0 radical (unpaired) electrons. The van der Waals surface area contributed by atoms with Gasteiger partial charge in [0.05, 0.1) is 0 Å². The van der Waals surface area contributed by atoms with Crippen molar-refractivity contribution in [3.05, 3.63) is 29.8 Å². The molecule has 0 aromatic heterocycles. The summed E-state index contributed by atoms with van der Waals surface area (Å²) < 4.78 is 6.33. The molecule has 3 atom stereocenters. The van der Waals surface area contributed by atoms with Crippen LogP contribution in [0.1, 0.15) is 58.1 Å². The Kier molecular flexibility index (Phi) is 3.96. The number of fused-ring (bicyclic) bond motifs is 1. The lowest BCUT2D eigenvalue weighted by atomic mass is 9.79. The predicted octanol–water partition coefficient (Wildman–Crippen LogP) is 4.05. The summed E-state index contributed by atoms with van der Waals surface area (Å²) in [7, 11) is 0. The van der Waals surface area contributed by atoms with Gasteiger partial charge < -0.3 is 10.5 Å². The lowest BCUT2D eigenvalue weighted by Gasteiger charge is -2.42. The van der Waals surface area contributed by atoms with E-state index in [-0.39, 0.29) is 11.6 Å². The van der Waals surface area contributed by atoms with Gasteiger partial charge in [-0.3, -0.25) is 0 Å². The Morgan fingerprint density at radius 3 is 2.78 bits per heavy atom. The molecule has 18 heavy (non-hydrogen) atoms. The minimum atomic E-state index is -0.0663. The summed E-state index contributed by atoms with van der Waals surface area (Å²) in [4.78, 5) is 0. The fourth-order valence-corrected chi connectivity index (χ4v) is 2.93. The van der Waals surface area contributed by atoms with Crippen LogP contribution in [0.2, 0.25) is 0 Å². The Bertz CT molecular complexity index is 404. The van der Waals surface area contributed by atoms with Gasteiger partial charge in [-0.15, -0.1) is 0 Å². The molecule has 1 aromatic rings. The second kappa shape index (κ2) is 5.31. The van der Waals surface area contributed by atoms with Crippen LogP contribution in [0.25, 0.3) is 0 Å². The molecule has 1 aliphatic heterocycles. The molecule has 2 N–H and O–H groups in total. The number of ether oxygens (including phenoxy) is 1. The number of hydrogen-bond donors (Lipinski definition) is 1. The predicted molar refractivity (Wildman–Crippen MR) is 75.7 cm³/mol. The molecule has 2 heteroatoms. The Morgan fingerprint density at radius 1 is 1.39 bits per heavy atom. The van der Waals surface area contributed by atoms with Crippen LogP contribution in [0.5, 0.6) is 5.75 Å². The van der Waals surface area contributed by atoms with Gasteiger partial charge in [0.2, 0.25) is 0 Å². The second-order valence-electron chi connectivity index (χ2n) is 5.70. The van der Waals surface area contributed by atoms with E-state index in [4.69, 9.17) is 10.5 Å². The van der Waals surface area contributed by atoms with Crippen LogP contribution in [-0.4, -0.2) is 5.60 Å². The highest BCUT2D eigenvalue weighted by molar-refractivity contribution is 5.38. The van der Waals surface area contributed by atoms with E-state index in [1.165, 1.54) is 6.42 Å². The van der Waals surface area contributed by atoms with Crippen molar-refractivity contribution < 1.29 is 4.74 Å². The van der Waals surface area contributed by atoms with E-state index < -0.39 is 0 Å². The molecule has 2 rings (SSSR count). The molecule has 0 bridgehead atoms. The topological polar surface area (TPSA) is 35.2 Å². The maximum absolute atomic E-state index is 6.33. The largest absolute Gasteiger partial charge is 0.487 e. The Hall–Kier alpha value is -1.02. The lowest BCUT2D eigenvalue weighted by Crippen LogP contribution is -2.43. The van der Waals surface area contributed by atoms with Gasteiger partial charge in [0, 0.05) is 18.0 Å². The van der Waals surface area contributed by atoms with E-state index >= 15 is 0 Å². The molecule has 1 aliphatic rings. The third-order valence-electron chi connectivity index (χ3n) is 4.30. The molecule has 0 spiro atoms. The minimum Gasteiger partial charge on any atom is -0.487 e. The zero-order valence-electron chi connectivity index (χ0n) is 11.8. The second-order valence-corrected chi connectivity index (χ2v) is 5.70. The van der Waals surface area contributed by atoms with Crippen molar-refractivity contribution in [2.45, 2.75) is 58.1 Å². The van der Waals surface area contributed by atoms with Gasteiger partial charge >= 0.3 is 0 Å². The summed E-state index contributed by atoms with van der Waals surface area (Å²) in [5.74, 6) is 1.67. The van der Waals surface area contributed by atoms with Crippen molar-refractivity contribution in [3.63, 3.8) is 0 Å². The average molecular weight is 247 g/mol. The normalized spacial score (nSPS) is 28.3. The standard InChI is InChI=1S/C16H25NO/c1-4-12(3)10-16(5-2)11-14(17)13-8-6-7-9-15(13)18-16/h6-9,12,14H,4-5,10-11,17H2,1-3H3/t12?,14-,16?/m1/s1. The van der Waals surface area contributed by atoms with Gasteiger partial charge in [-0.05, 0) is 24.8 Å². The van der Waals surface area contributed by atoms with Gasteiger partial charge in [0.1, 0.15) is 11.4 Å². The van der Waals surface area contributed by atoms with Gasteiger partial charge in [0.25, 0.3) is 0 Å². The zero-order chi connectivity index (χ0) is 13.2. The van der Waals surface area contributed by atoms with Crippen molar-refractivity contribution in [3.8, 4) is 5.75 Å². The van der Waals surface area contributed by atoms with Gasteiger partial charge in [-0.25, -0.2) is 0 Å². The zero-order valence-corrected chi connectivity index (χ0v) is 11.8. The SMILES string of the molecule is CCC(C)CC1(CC)C[C@@H](N)c2ccccc2O1. The van der Waals surface area contributed by atoms with Crippen molar-refractivity contribution in [2.75, 3.05) is 0 Å². The summed E-state index contributed by atoms with van der Waals surface area (Å²) in [5.41, 5.74) is 7.43. The van der Waals surface area contributed by atoms with Crippen molar-refractivity contribution in [1.29, 1.82) is 0 Å². The first-order chi connectivity index (χ1) is 8.60. The molecule has 100 valence electrons. The van der Waals surface area contributed by atoms with E-state index in [0.717, 1.165) is 30.6 Å². The van der Waals surface area contributed by atoms with Crippen molar-refractivity contribution in [2.24, 2.45) is 11.7 Å². The first kappa shape index (κ1) is 13.4. The quantitative estimate of drug-likeness (QED) is 0.871. The monoisotopic (exact) mass is 247 g/mol. The van der Waals surface area contributed by atoms with Crippen LogP contribution < -0.4 is 10.5 Å². The first-order valence-corrected chi connectivity index (χ1v) is 7.13. The Balaban J connectivity index is 2.26. The van der Waals surface area contributed by atoms with E-state index in [1.807, 2.05) is 12.1 Å². The molecule has 0 amide bonds. The van der Waals surface area contributed by atoms with Gasteiger partial charge in [0.15, 0.2) is 0 Å². The number of hydrogen-bond acceptors (Lipinski definition) is 2. The number of benzene rings is 1. The number of para-hydroxylation sites is 1. The maximum atomic E-state index is 6.33. The van der Waals surface area contributed by atoms with Crippen molar-refractivity contribution >= 4 is 0 Å². The van der Waals surface area contributed by atoms with Crippen LogP contribution in [0, 0.1) is 5.92 Å². The van der Waals surface area contributed by atoms with E-state index in [1.54, 1.807) is 0 Å². The molecule has 1 aromatic carbocycles.